The van der Waals surface area contributed by atoms with Crippen LogP contribution < -0.4 is 16.4 Å². The SMILES string of the molecule is Nc1c(NCc2ccc(Cl)cc2)ncnc1Nc1cccnc1Cl. The molecular formula is C16H14Cl2N6. The molecule has 3 rings (SSSR count). The topological polar surface area (TPSA) is 88.8 Å². The average molecular weight is 361 g/mol. The number of nitrogens with one attached hydrogen (secondary N) is 2. The molecule has 2 aromatic heterocycles. The highest BCUT2D eigenvalue weighted by Gasteiger charge is 2.10. The Bertz CT molecular complexity index is 838. The fraction of sp³-hybridized carbons (Fsp3) is 0.0625. The first-order valence-electron chi connectivity index (χ1n) is 7.10. The molecule has 0 aliphatic rings. The number of anilines is 4. The van der Waals surface area contributed by atoms with E-state index >= 15 is 0 Å². The van der Waals surface area contributed by atoms with E-state index in [2.05, 4.69) is 25.6 Å². The van der Waals surface area contributed by atoms with Crippen molar-refractivity contribution in [1.29, 1.82) is 0 Å². The number of pyridine rings is 1. The average Bonchev–Trinajstić information content (AvgIpc) is 2.59. The lowest BCUT2D eigenvalue weighted by atomic mass is 10.2. The molecule has 0 spiro atoms. The molecule has 122 valence electrons. The normalized spacial score (nSPS) is 10.4. The van der Waals surface area contributed by atoms with Gasteiger partial charge in [-0.1, -0.05) is 35.3 Å². The Balaban J connectivity index is 1.75. The van der Waals surface area contributed by atoms with Crippen LogP contribution in [0.2, 0.25) is 10.2 Å². The van der Waals surface area contributed by atoms with Crippen molar-refractivity contribution in [2.75, 3.05) is 16.4 Å². The van der Waals surface area contributed by atoms with Gasteiger partial charge >= 0.3 is 0 Å². The van der Waals surface area contributed by atoms with E-state index in [0.29, 0.717) is 39.7 Å². The Kier molecular flexibility index (Phi) is 4.98. The van der Waals surface area contributed by atoms with Crippen LogP contribution in [0.15, 0.2) is 48.9 Å². The monoisotopic (exact) mass is 360 g/mol. The van der Waals surface area contributed by atoms with Crippen molar-refractivity contribution in [1.82, 2.24) is 15.0 Å². The number of hydrogen-bond acceptors (Lipinski definition) is 6. The van der Waals surface area contributed by atoms with E-state index in [1.807, 2.05) is 24.3 Å². The van der Waals surface area contributed by atoms with E-state index in [1.54, 1.807) is 18.3 Å². The minimum absolute atomic E-state index is 0.339. The maximum Gasteiger partial charge on any atom is 0.159 e. The Labute approximate surface area is 149 Å². The fourth-order valence-electron chi connectivity index (χ4n) is 2.03. The van der Waals surface area contributed by atoms with Crippen molar-refractivity contribution in [3.63, 3.8) is 0 Å². The van der Waals surface area contributed by atoms with E-state index < -0.39 is 0 Å². The smallest absolute Gasteiger partial charge is 0.159 e. The molecule has 0 saturated heterocycles. The first-order chi connectivity index (χ1) is 11.6. The highest BCUT2D eigenvalue weighted by atomic mass is 35.5. The third-order valence-electron chi connectivity index (χ3n) is 3.27. The maximum absolute atomic E-state index is 6.13. The molecule has 24 heavy (non-hydrogen) atoms. The molecule has 8 heteroatoms. The summed E-state index contributed by atoms with van der Waals surface area (Å²) in [6, 6.07) is 11.1. The third kappa shape index (κ3) is 3.84. The molecule has 0 aliphatic carbocycles. The lowest BCUT2D eigenvalue weighted by Crippen LogP contribution is -2.08. The van der Waals surface area contributed by atoms with E-state index in [4.69, 9.17) is 28.9 Å². The summed E-state index contributed by atoms with van der Waals surface area (Å²) in [5.41, 5.74) is 8.21. The van der Waals surface area contributed by atoms with Crippen LogP contribution in [-0.4, -0.2) is 15.0 Å². The maximum atomic E-state index is 6.13. The second-order valence-electron chi connectivity index (χ2n) is 4.93. The summed E-state index contributed by atoms with van der Waals surface area (Å²) >= 11 is 11.9. The molecule has 3 aromatic rings. The lowest BCUT2D eigenvalue weighted by Gasteiger charge is -2.13. The highest BCUT2D eigenvalue weighted by Crippen LogP contribution is 2.28. The van der Waals surface area contributed by atoms with E-state index in [-0.39, 0.29) is 0 Å². The first-order valence-corrected chi connectivity index (χ1v) is 7.85. The number of nitrogens with zero attached hydrogens (tertiary/aromatic N) is 3. The summed E-state index contributed by atoms with van der Waals surface area (Å²) in [4.78, 5) is 12.3. The van der Waals surface area contributed by atoms with Crippen molar-refractivity contribution in [3.05, 3.63) is 64.7 Å². The summed E-state index contributed by atoms with van der Waals surface area (Å²) in [6.07, 6.45) is 3.03. The zero-order valence-electron chi connectivity index (χ0n) is 12.5. The van der Waals surface area contributed by atoms with E-state index in [1.165, 1.54) is 6.33 Å². The van der Waals surface area contributed by atoms with Gasteiger partial charge in [-0.3, -0.25) is 0 Å². The molecule has 0 atom stereocenters. The second kappa shape index (κ2) is 7.33. The zero-order chi connectivity index (χ0) is 16.9. The van der Waals surface area contributed by atoms with Crippen molar-refractivity contribution < 1.29 is 0 Å². The van der Waals surface area contributed by atoms with Crippen molar-refractivity contribution >= 4 is 46.2 Å². The molecular weight excluding hydrogens is 347 g/mol. The molecule has 0 fully saturated rings. The van der Waals surface area contributed by atoms with Crippen molar-refractivity contribution in [2.45, 2.75) is 6.54 Å². The number of nitrogens with two attached hydrogens (primary N) is 1. The van der Waals surface area contributed by atoms with Gasteiger partial charge in [0.1, 0.15) is 12.0 Å². The number of rotatable bonds is 5. The van der Waals surface area contributed by atoms with Crippen LogP contribution in [0.4, 0.5) is 23.0 Å². The Morgan fingerprint density at radius 1 is 0.958 bits per heavy atom. The molecule has 0 saturated carbocycles. The molecule has 0 unspecified atom stereocenters. The second-order valence-corrected chi connectivity index (χ2v) is 5.73. The Hall–Kier alpha value is -2.57. The quantitative estimate of drug-likeness (QED) is 0.593. The highest BCUT2D eigenvalue weighted by molar-refractivity contribution is 6.32. The third-order valence-corrected chi connectivity index (χ3v) is 3.82. The van der Waals surface area contributed by atoms with Crippen LogP contribution >= 0.6 is 23.2 Å². The van der Waals surface area contributed by atoms with Gasteiger partial charge in [0.2, 0.25) is 0 Å². The number of halogens is 2. The van der Waals surface area contributed by atoms with Gasteiger partial charge in [0.15, 0.2) is 16.8 Å². The summed E-state index contributed by atoms with van der Waals surface area (Å²) in [7, 11) is 0. The molecule has 2 heterocycles. The lowest BCUT2D eigenvalue weighted by molar-refractivity contribution is 1.09. The molecule has 1 aromatic carbocycles. The van der Waals surface area contributed by atoms with Crippen LogP contribution in [0.3, 0.4) is 0 Å². The first kappa shape index (κ1) is 16.3. The van der Waals surface area contributed by atoms with E-state index in [9.17, 15) is 0 Å². The summed E-state index contributed by atoms with van der Waals surface area (Å²) < 4.78 is 0. The van der Waals surface area contributed by atoms with Gasteiger partial charge in [-0.05, 0) is 29.8 Å². The van der Waals surface area contributed by atoms with Gasteiger partial charge in [-0.2, -0.15) is 0 Å². The van der Waals surface area contributed by atoms with Gasteiger partial charge in [-0.15, -0.1) is 0 Å². The molecule has 6 nitrogen and oxygen atoms in total. The van der Waals surface area contributed by atoms with Gasteiger partial charge in [0.05, 0.1) is 5.69 Å². The minimum Gasteiger partial charge on any atom is -0.393 e. The van der Waals surface area contributed by atoms with Crippen molar-refractivity contribution in [2.24, 2.45) is 0 Å². The van der Waals surface area contributed by atoms with Gasteiger partial charge in [0, 0.05) is 17.8 Å². The molecule has 4 N–H and O–H groups in total. The molecule has 0 bridgehead atoms. The number of nitrogen functional groups attached to an aromatic ring is 1. The van der Waals surface area contributed by atoms with Crippen LogP contribution in [0.25, 0.3) is 0 Å². The molecule has 0 aliphatic heterocycles. The fourth-order valence-corrected chi connectivity index (χ4v) is 2.32. The van der Waals surface area contributed by atoms with Crippen molar-refractivity contribution in [3.8, 4) is 0 Å². The number of benzene rings is 1. The number of aromatic nitrogens is 3. The predicted molar refractivity (Wildman–Crippen MR) is 97.8 cm³/mol. The van der Waals surface area contributed by atoms with Crippen LogP contribution in [-0.2, 0) is 6.54 Å². The van der Waals surface area contributed by atoms with E-state index in [0.717, 1.165) is 5.56 Å². The standard InChI is InChI=1S/C16H14Cl2N6/c17-11-5-3-10(4-6-11)8-21-15-13(19)16(23-9-22-15)24-12-2-1-7-20-14(12)18/h1-7,9H,8,19H2,(H2,21,22,23,24). The Morgan fingerprint density at radius 3 is 2.46 bits per heavy atom. The Morgan fingerprint density at radius 2 is 1.71 bits per heavy atom. The molecule has 0 amide bonds. The summed E-state index contributed by atoms with van der Waals surface area (Å²) in [5, 5.41) is 7.27. The number of hydrogen-bond donors (Lipinski definition) is 3. The minimum atomic E-state index is 0.339. The summed E-state index contributed by atoms with van der Waals surface area (Å²) in [6.45, 7) is 0.561. The van der Waals surface area contributed by atoms with Gasteiger partial charge in [0.25, 0.3) is 0 Å². The zero-order valence-corrected chi connectivity index (χ0v) is 14.0. The van der Waals surface area contributed by atoms with Gasteiger partial charge < -0.3 is 16.4 Å². The van der Waals surface area contributed by atoms with Gasteiger partial charge in [-0.25, -0.2) is 15.0 Å². The molecule has 0 radical (unpaired) electrons. The van der Waals surface area contributed by atoms with Crippen LogP contribution in [0.5, 0.6) is 0 Å². The van der Waals surface area contributed by atoms with Crippen LogP contribution in [0, 0.1) is 0 Å². The largest absolute Gasteiger partial charge is 0.393 e. The summed E-state index contributed by atoms with van der Waals surface area (Å²) in [5.74, 6) is 0.987. The predicted octanol–water partition coefficient (Wildman–Crippen LogP) is 4.12. The van der Waals surface area contributed by atoms with Crippen LogP contribution in [0.1, 0.15) is 5.56 Å².